The van der Waals surface area contributed by atoms with Gasteiger partial charge in [0, 0.05) is 30.8 Å². The first kappa shape index (κ1) is 11.7. The topological polar surface area (TPSA) is 51.5 Å². The molecular weight excluding hydrogens is 218 g/mol. The van der Waals surface area contributed by atoms with Crippen LogP contribution in [-0.4, -0.2) is 28.9 Å². The molecule has 1 unspecified atom stereocenters. The number of aromatic carboxylic acids is 1. The van der Waals surface area contributed by atoms with Crippen LogP contribution < -0.4 is 0 Å². The van der Waals surface area contributed by atoms with Gasteiger partial charge in [-0.1, -0.05) is 0 Å². The van der Waals surface area contributed by atoms with Gasteiger partial charge in [-0.3, -0.25) is 0 Å². The molecule has 0 aliphatic heterocycles. The van der Waals surface area contributed by atoms with Crippen LogP contribution >= 0.6 is 0 Å². The zero-order valence-electron chi connectivity index (χ0n) is 9.88. The predicted octanol–water partition coefficient (Wildman–Crippen LogP) is 2.37. The molecule has 2 rings (SSSR count). The summed E-state index contributed by atoms with van der Waals surface area (Å²) in [5, 5.41) is 9.85. The quantitative estimate of drug-likeness (QED) is 0.882. The molecule has 0 aliphatic rings. The minimum Gasteiger partial charge on any atom is -0.478 e. The van der Waals surface area contributed by atoms with Crippen LogP contribution in [0, 0.1) is 0 Å². The summed E-state index contributed by atoms with van der Waals surface area (Å²) in [4.78, 5) is 10.8. The third-order valence-electron chi connectivity index (χ3n) is 2.87. The zero-order chi connectivity index (χ0) is 12.4. The maximum atomic E-state index is 10.8. The minimum atomic E-state index is -0.898. The Bertz CT molecular complexity index is 545. The number of carboxylic acids is 1. The molecule has 1 heterocycles. The van der Waals surface area contributed by atoms with Gasteiger partial charge in [0.1, 0.15) is 0 Å². The van der Waals surface area contributed by atoms with Gasteiger partial charge in [0.05, 0.1) is 11.7 Å². The summed E-state index contributed by atoms with van der Waals surface area (Å²) in [6, 6.07) is 7.07. The molecule has 1 N–H and O–H groups in total. The number of aromatic nitrogens is 1. The number of benzene rings is 1. The number of ether oxygens (including phenoxy) is 1. The average molecular weight is 233 g/mol. The molecule has 4 nitrogen and oxygen atoms in total. The van der Waals surface area contributed by atoms with Crippen LogP contribution in [0.1, 0.15) is 17.3 Å². The van der Waals surface area contributed by atoms with E-state index >= 15 is 0 Å². The van der Waals surface area contributed by atoms with Crippen LogP contribution in [0.25, 0.3) is 10.9 Å². The van der Waals surface area contributed by atoms with Crippen molar-refractivity contribution >= 4 is 16.9 Å². The largest absolute Gasteiger partial charge is 0.478 e. The molecule has 0 spiro atoms. The van der Waals surface area contributed by atoms with Crippen molar-refractivity contribution in [1.29, 1.82) is 0 Å². The number of hydrogen-bond acceptors (Lipinski definition) is 2. The molecule has 0 aliphatic carbocycles. The van der Waals surface area contributed by atoms with Gasteiger partial charge in [0.15, 0.2) is 0 Å². The van der Waals surface area contributed by atoms with Crippen molar-refractivity contribution in [2.75, 3.05) is 7.11 Å². The monoisotopic (exact) mass is 233 g/mol. The Hall–Kier alpha value is -1.81. The van der Waals surface area contributed by atoms with E-state index in [1.807, 2.05) is 25.3 Å². The first-order chi connectivity index (χ1) is 8.11. The van der Waals surface area contributed by atoms with Crippen LogP contribution in [-0.2, 0) is 11.3 Å². The molecule has 0 fully saturated rings. The fourth-order valence-electron chi connectivity index (χ4n) is 1.84. The second kappa shape index (κ2) is 4.59. The third-order valence-corrected chi connectivity index (χ3v) is 2.87. The summed E-state index contributed by atoms with van der Waals surface area (Å²) in [5.41, 5.74) is 1.34. The van der Waals surface area contributed by atoms with Crippen LogP contribution in [0.2, 0.25) is 0 Å². The number of hydrogen-bond donors (Lipinski definition) is 1. The molecule has 0 saturated heterocycles. The molecule has 0 amide bonds. The molecule has 1 atom stereocenters. The van der Waals surface area contributed by atoms with Crippen molar-refractivity contribution in [3.63, 3.8) is 0 Å². The van der Waals surface area contributed by atoms with Crippen LogP contribution in [0.3, 0.4) is 0 Å². The summed E-state index contributed by atoms with van der Waals surface area (Å²) in [6.45, 7) is 2.75. The maximum absolute atomic E-state index is 10.8. The highest BCUT2D eigenvalue weighted by Crippen LogP contribution is 2.18. The van der Waals surface area contributed by atoms with Gasteiger partial charge < -0.3 is 14.4 Å². The van der Waals surface area contributed by atoms with Gasteiger partial charge in [-0.2, -0.15) is 0 Å². The molecule has 0 bridgehead atoms. The van der Waals surface area contributed by atoms with Gasteiger partial charge in [-0.15, -0.1) is 0 Å². The Balaban J connectivity index is 2.38. The number of nitrogens with zero attached hydrogens (tertiary/aromatic N) is 1. The number of carboxylic acid groups (broad SMARTS) is 1. The second-order valence-corrected chi connectivity index (χ2v) is 4.09. The normalized spacial score (nSPS) is 12.8. The van der Waals surface area contributed by atoms with Gasteiger partial charge >= 0.3 is 5.97 Å². The summed E-state index contributed by atoms with van der Waals surface area (Å²) < 4.78 is 7.28. The number of methoxy groups -OCH3 is 1. The van der Waals surface area contributed by atoms with Crippen molar-refractivity contribution in [1.82, 2.24) is 4.57 Å². The van der Waals surface area contributed by atoms with Crippen molar-refractivity contribution in [2.45, 2.75) is 19.6 Å². The highest BCUT2D eigenvalue weighted by molar-refractivity contribution is 5.93. The molecule has 1 aromatic heterocycles. The van der Waals surface area contributed by atoms with E-state index in [9.17, 15) is 4.79 Å². The lowest BCUT2D eigenvalue weighted by molar-refractivity contribution is 0.0697. The number of carbonyl (C=O) groups is 1. The molecule has 0 saturated carbocycles. The predicted molar refractivity (Wildman–Crippen MR) is 65.4 cm³/mol. The highest BCUT2D eigenvalue weighted by atomic mass is 16.5. The Morgan fingerprint density at radius 2 is 2.24 bits per heavy atom. The van der Waals surface area contributed by atoms with Gasteiger partial charge in [0.2, 0.25) is 0 Å². The Labute approximate surface area is 99.4 Å². The smallest absolute Gasteiger partial charge is 0.335 e. The standard InChI is InChI=1S/C13H15NO3/c1-9(17-2)8-14-6-5-10-7-11(13(15)16)3-4-12(10)14/h3-7,9H,8H2,1-2H3,(H,15,16). The van der Waals surface area contributed by atoms with E-state index in [1.165, 1.54) is 0 Å². The SMILES string of the molecule is COC(C)Cn1ccc2cc(C(=O)O)ccc21. The van der Waals surface area contributed by atoms with E-state index in [0.717, 1.165) is 17.4 Å². The van der Waals surface area contributed by atoms with Crippen LogP contribution in [0.4, 0.5) is 0 Å². The number of fused-ring (bicyclic) bond motifs is 1. The Morgan fingerprint density at radius 1 is 1.47 bits per heavy atom. The third kappa shape index (κ3) is 2.31. The second-order valence-electron chi connectivity index (χ2n) is 4.09. The first-order valence-corrected chi connectivity index (χ1v) is 5.47. The van der Waals surface area contributed by atoms with Crippen LogP contribution in [0.15, 0.2) is 30.5 Å². The van der Waals surface area contributed by atoms with E-state index < -0.39 is 5.97 Å². The number of rotatable bonds is 4. The van der Waals surface area contributed by atoms with E-state index in [4.69, 9.17) is 9.84 Å². The molecule has 90 valence electrons. The van der Waals surface area contributed by atoms with E-state index in [0.29, 0.717) is 5.56 Å². The highest BCUT2D eigenvalue weighted by Gasteiger charge is 2.08. The van der Waals surface area contributed by atoms with Gasteiger partial charge in [-0.25, -0.2) is 4.79 Å². The van der Waals surface area contributed by atoms with E-state index in [2.05, 4.69) is 4.57 Å². The lowest BCUT2D eigenvalue weighted by Gasteiger charge is -2.11. The summed E-state index contributed by atoms with van der Waals surface area (Å²) in [6.07, 6.45) is 2.08. The molecule has 4 heteroatoms. The minimum absolute atomic E-state index is 0.129. The van der Waals surface area contributed by atoms with Gasteiger partial charge in [-0.05, 0) is 31.2 Å². The van der Waals surface area contributed by atoms with Crippen LogP contribution in [0.5, 0.6) is 0 Å². The fourth-order valence-corrected chi connectivity index (χ4v) is 1.84. The first-order valence-electron chi connectivity index (χ1n) is 5.47. The Kier molecular flexibility index (Phi) is 3.15. The van der Waals surface area contributed by atoms with E-state index in [1.54, 1.807) is 19.2 Å². The molecule has 2 aromatic rings. The summed E-state index contributed by atoms with van der Waals surface area (Å²) in [7, 11) is 1.68. The van der Waals surface area contributed by atoms with Crippen molar-refractivity contribution < 1.29 is 14.6 Å². The summed E-state index contributed by atoms with van der Waals surface area (Å²) >= 11 is 0. The zero-order valence-corrected chi connectivity index (χ0v) is 9.88. The lowest BCUT2D eigenvalue weighted by Crippen LogP contribution is -2.13. The Morgan fingerprint density at radius 3 is 2.88 bits per heavy atom. The lowest BCUT2D eigenvalue weighted by atomic mass is 10.1. The molecule has 17 heavy (non-hydrogen) atoms. The van der Waals surface area contributed by atoms with Crippen molar-refractivity contribution in [3.8, 4) is 0 Å². The molecule has 0 radical (unpaired) electrons. The van der Waals surface area contributed by atoms with Crippen molar-refractivity contribution in [2.24, 2.45) is 0 Å². The molecular formula is C13H15NO3. The van der Waals surface area contributed by atoms with E-state index in [-0.39, 0.29) is 6.10 Å². The molecule has 1 aromatic carbocycles. The summed E-state index contributed by atoms with van der Waals surface area (Å²) in [5.74, 6) is -0.898. The fraction of sp³-hybridized carbons (Fsp3) is 0.308. The average Bonchev–Trinajstić information content (AvgIpc) is 2.71. The van der Waals surface area contributed by atoms with Gasteiger partial charge in [0.25, 0.3) is 0 Å². The van der Waals surface area contributed by atoms with Crippen molar-refractivity contribution in [3.05, 3.63) is 36.0 Å². The maximum Gasteiger partial charge on any atom is 0.335 e.